The summed E-state index contributed by atoms with van der Waals surface area (Å²) in [5.74, 6) is 1.24. The third-order valence-corrected chi connectivity index (χ3v) is 5.63. The number of nitro benzene ring substituents is 1. The highest BCUT2D eigenvalue weighted by Crippen LogP contribution is 2.34. The van der Waals surface area contributed by atoms with E-state index in [0.717, 1.165) is 13.1 Å². The normalized spacial score (nSPS) is 16.1. The SMILES string of the molecule is O=[N+]([O-])c1ccc(-c2noc(CN3Cc4ccccc4[C@@H](c4ccccc4)C3)n2)cc1. The number of fused-ring (bicyclic) bond motifs is 1. The highest BCUT2D eigenvalue weighted by molar-refractivity contribution is 5.56. The number of rotatable bonds is 5. The molecule has 0 saturated heterocycles. The van der Waals surface area contributed by atoms with Gasteiger partial charge in [0.1, 0.15) is 0 Å². The van der Waals surface area contributed by atoms with Crippen molar-refractivity contribution in [3.63, 3.8) is 0 Å². The second-order valence-electron chi connectivity index (χ2n) is 7.65. The molecular formula is C24H20N4O3. The van der Waals surface area contributed by atoms with E-state index in [1.807, 2.05) is 6.07 Å². The Hall–Kier alpha value is -3.84. The number of hydrogen-bond acceptors (Lipinski definition) is 6. The molecule has 0 bridgehead atoms. The highest BCUT2D eigenvalue weighted by atomic mass is 16.6. The van der Waals surface area contributed by atoms with Crippen molar-refractivity contribution >= 4 is 5.69 Å². The minimum absolute atomic E-state index is 0.0337. The first kappa shape index (κ1) is 19.1. The van der Waals surface area contributed by atoms with Crippen LogP contribution in [0.1, 0.15) is 28.5 Å². The molecule has 1 atom stereocenters. The summed E-state index contributed by atoms with van der Waals surface area (Å²) >= 11 is 0. The standard InChI is InChI=1S/C24H20N4O3/c29-28(30)20-12-10-18(11-13-20)24-25-23(31-26-24)16-27-14-19-8-4-5-9-21(19)22(15-27)17-6-2-1-3-7-17/h1-13,22H,14-16H2/t22-/m1/s1. The Balaban J connectivity index is 1.37. The number of non-ortho nitro benzene ring substituents is 1. The molecule has 0 fully saturated rings. The van der Waals surface area contributed by atoms with Crippen molar-refractivity contribution in [2.45, 2.75) is 19.0 Å². The average Bonchev–Trinajstić information content (AvgIpc) is 3.27. The van der Waals surface area contributed by atoms with Gasteiger partial charge in [-0.1, -0.05) is 59.8 Å². The van der Waals surface area contributed by atoms with Crippen LogP contribution < -0.4 is 0 Å². The molecule has 0 saturated carbocycles. The maximum absolute atomic E-state index is 10.8. The molecule has 1 aromatic heterocycles. The summed E-state index contributed by atoms with van der Waals surface area (Å²) in [5, 5.41) is 14.9. The van der Waals surface area contributed by atoms with Gasteiger partial charge < -0.3 is 4.52 Å². The lowest BCUT2D eigenvalue weighted by Gasteiger charge is -2.34. The summed E-state index contributed by atoms with van der Waals surface area (Å²) in [6.45, 7) is 2.21. The molecule has 0 N–H and O–H groups in total. The molecule has 0 amide bonds. The predicted octanol–water partition coefficient (Wildman–Crippen LogP) is 4.79. The third-order valence-electron chi connectivity index (χ3n) is 5.63. The van der Waals surface area contributed by atoms with Gasteiger partial charge in [0.15, 0.2) is 0 Å². The molecule has 5 rings (SSSR count). The van der Waals surface area contributed by atoms with Crippen LogP contribution in [-0.4, -0.2) is 26.5 Å². The zero-order valence-corrected chi connectivity index (χ0v) is 16.7. The molecule has 154 valence electrons. The fourth-order valence-corrected chi connectivity index (χ4v) is 4.13. The fourth-order valence-electron chi connectivity index (χ4n) is 4.13. The van der Waals surface area contributed by atoms with Gasteiger partial charge in [-0.05, 0) is 28.8 Å². The Labute approximate surface area is 179 Å². The molecule has 4 aromatic rings. The van der Waals surface area contributed by atoms with Crippen LogP contribution in [0, 0.1) is 10.1 Å². The number of hydrogen-bond donors (Lipinski definition) is 0. The van der Waals surface area contributed by atoms with Crippen LogP contribution in [0.4, 0.5) is 5.69 Å². The fraction of sp³-hybridized carbons (Fsp3) is 0.167. The average molecular weight is 412 g/mol. The summed E-state index contributed by atoms with van der Waals surface area (Å²) in [6, 6.07) is 25.2. The molecular weight excluding hydrogens is 392 g/mol. The van der Waals surface area contributed by atoms with Crippen molar-refractivity contribution in [3.8, 4) is 11.4 Å². The molecule has 3 aromatic carbocycles. The molecule has 1 aliphatic rings. The van der Waals surface area contributed by atoms with Gasteiger partial charge in [0, 0.05) is 36.7 Å². The maximum Gasteiger partial charge on any atom is 0.269 e. The van der Waals surface area contributed by atoms with E-state index in [4.69, 9.17) is 4.52 Å². The van der Waals surface area contributed by atoms with Crippen LogP contribution in [0.15, 0.2) is 83.4 Å². The van der Waals surface area contributed by atoms with Gasteiger partial charge >= 0.3 is 0 Å². The summed E-state index contributed by atoms with van der Waals surface area (Å²) in [5.41, 5.74) is 4.68. The quantitative estimate of drug-likeness (QED) is 0.346. The zero-order valence-electron chi connectivity index (χ0n) is 16.7. The topological polar surface area (TPSA) is 85.3 Å². The van der Waals surface area contributed by atoms with Crippen molar-refractivity contribution in [2.24, 2.45) is 0 Å². The molecule has 0 aliphatic carbocycles. The van der Waals surface area contributed by atoms with Crippen LogP contribution in [-0.2, 0) is 13.1 Å². The molecule has 0 unspecified atom stereocenters. The first-order valence-corrected chi connectivity index (χ1v) is 10.1. The lowest BCUT2D eigenvalue weighted by molar-refractivity contribution is -0.384. The van der Waals surface area contributed by atoms with Gasteiger partial charge in [-0.2, -0.15) is 4.98 Å². The minimum Gasteiger partial charge on any atom is -0.338 e. The zero-order chi connectivity index (χ0) is 21.2. The molecule has 1 aliphatic heterocycles. The van der Waals surface area contributed by atoms with Crippen LogP contribution in [0.2, 0.25) is 0 Å². The van der Waals surface area contributed by atoms with Crippen LogP contribution in [0.3, 0.4) is 0 Å². The van der Waals surface area contributed by atoms with Crippen molar-refractivity contribution in [3.05, 3.63) is 112 Å². The van der Waals surface area contributed by atoms with Crippen LogP contribution in [0.25, 0.3) is 11.4 Å². The van der Waals surface area contributed by atoms with Gasteiger partial charge in [-0.3, -0.25) is 15.0 Å². The third kappa shape index (κ3) is 3.95. The maximum atomic E-state index is 10.8. The van der Waals surface area contributed by atoms with Gasteiger partial charge in [-0.25, -0.2) is 0 Å². The van der Waals surface area contributed by atoms with Crippen LogP contribution in [0.5, 0.6) is 0 Å². The van der Waals surface area contributed by atoms with E-state index in [0.29, 0.717) is 23.8 Å². The second-order valence-corrected chi connectivity index (χ2v) is 7.65. The summed E-state index contributed by atoms with van der Waals surface area (Å²) in [7, 11) is 0. The van der Waals surface area contributed by atoms with E-state index in [9.17, 15) is 10.1 Å². The van der Waals surface area contributed by atoms with Crippen molar-refractivity contribution in [1.82, 2.24) is 15.0 Å². The van der Waals surface area contributed by atoms with Crippen LogP contribution >= 0.6 is 0 Å². The molecule has 31 heavy (non-hydrogen) atoms. The number of nitrogens with zero attached hydrogens (tertiary/aromatic N) is 4. The second kappa shape index (κ2) is 8.12. The monoisotopic (exact) mass is 412 g/mol. The Morgan fingerprint density at radius 2 is 1.74 bits per heavy atom. The highest BCUT2D eigenvalue weighted by Gasteiger charge is 2.27. The van der Waals surface area contributed by atoms with E-state index < -0.39 is 4.92 Å². The van der Waals surface area contributed by atoms with E-state index in [1.165, 1.54) is 28.8 Å². The lowest BCUT2D eigenvalue weighted by atomic mass is 9.85. The predicted molar refractivity (Wildman–Crippen MR) is 115 cm³/mol. The first-order chi connectivity index (χ1) is 15.2. The summed E-state index contributed by atoms with van der Waals surface area (Å²) in [6.07, 6.45) is 0. The number of benzene rings is 3. The number of nitro groups is 1. The van der Waals surface area contributed by atoms with Crippen molar-refractivity contribution < 1.29 is 9.45 Å². The molecule has 0 radical (unpaired) electrons. The van der Waals surface area contributed by atoms with Gasteiger partial charge in [0.25, 0.3) is 5.69 Å². The molecule has 7 nitrogen and oxygen atoms in total. The Kier molecular flexibility index (Phi) is 5.01. The Bertz CT molecular complexity index is 1200. The van der Waals surface area contributed by atoms with E-state index in [2.05, 4.69) is 63.6 Å². The molecule has 0 spiro atoms. The van der Waals surface area contributed by atoms with E-state index in [1.54, 1.807) is 12.1 Å². The smallest absolute Gasteiger partial charge is 0.269 e. The minimum atomic E-state index is -0.428. The van der Waals surface area contributed by atoms with Crippen molar-refractivity contribution in [1.29, 1.82) is 0 Å². The Morgan fingerprint density at radius 1 is 1.00 bits per heavy atom. The van der Waals surface area contributed by atoms with Crippen molar-refractivity contribution in [2.75, 3.05) is 6.54 Å². The molecule has 2 heterocycles. The van der Waals surface area contributed by atoms with E-state index in [-0.39, 0.29) is 11.6 Å². The summed E-state index contributed by atoms with van der Waals surface area (Å²) in [4.78, 5) is 17.2. The number of aromatic nitrogens is 2. The van der Waals surface area contributed by atoms with Gasteiger partial charge in [0.2, 0.25) is 11.7 Å². The lowest BCUT2D eigenvalue weighted by Crippen LogP contribution is -2.33. The largest absolute Gasteiger partial charge is 0.338 e. The van der Waals surface area contributed by atoms with E-state index >= 15 is 0 Å². The first-order valence-electron chi connectivity index (χ1n) is 10.1. The van der Waals surface area contributed by atoms with Gasteiger partial charge in [0.05, 0.1) is 11.5 Å². The van der Waals surface area contributed by atoms with Gasteiger partial charge in [-0.15, -0.1) is 0 Å². The molecule has 7 heteroatoms. The summed E-state index contributed by atoms with van der Waals surface area (Å²) < 4.78 is 5.49. The Morgan fingerprint density at radius 3 is 2.52 bits per heavy atom.